The van der Waals surface area contributed by atoms with E-state index in [4.69, 9.17) is 10.2 Å². The lowest BCUT2D eigenvalue weighted by Gasteiger charge is -1.99. The van der Waals surface area contributed by atoms with Gasteiger partial charge in [-0.05, 0) is 6.42 Å². The Kier molecular flexibility index (Phi) is 2.65. The number of carbonyl (C=O) groups is 2. The summed E-state index contributed by atoms with van der Waals surface area (Å²) >= 11 is 0. The minimum atomic E-state index is -0.917. The van der Waals surface area contributed by atoms with E-state index in [0.29, 0.717) is 6.42 Å². The second-order valence-electron chi connectivity index (χ2n) is 2.80. The van der Waals surface area contributed by atoms with E-state index in [-0.39, 0.29) is 25.0 Å². The molecule has 0 bridgehead atoms. The van der Waals surface area contributed by atoms with Gasteiger partial charge in [0.1, 0.15) is 0 Å². The standard InChI is InChI=1S/C7H11NO4/c9-2-1-8-6(10)4-3-5(4)7(11)12/h4-5,9H,1-3H2,(H,8,10)(H,11,12). The van der Waals surface area contributed by atoms with Crippen molar-refractivity contribution in [2.75, 3.05) is 13.2 Å². The molecule has 0 saturated heterocycles. The highest BCUT2D eigenvalue weighted by molar-refractivity contribution is 5.89. The molecule has 0 aromatic heterocycles. The minimum absolute atomic E-state index is 0.115. The number of nitrogens with one attached hydrogen (secondary N) is 1. The van der Waals surface area contributed by atoms with Gasteiger partial charge in [-0.3, -0.25) is 9.59 Å². The number of carboxylic acids is 1. The van der Waals surface area contributed by atoms with Gasteiger partial charge in [-0.2, -0.15) is 0 Å². The largest absolute Gasteiger partial charge is 0.481 e. The van der Waals surface area contributed by atoms with Crippen LogP contribution in [0, 0.1) is 11.8 Å². The molecule has 1 aliphatic rings. The van der Waals surface area contributed by atoms with Crippen molar-refractivity contribution in [3.8, 4) is 0 Å². The lowest BCUT2D eigenvalue weighted by Crippen LogP contribution is -2.28. The molecular formula is C7H11NO4. The molecule has 1 saturated carbocycles. The van der Waals surface area contributed by atoms with E-state index in [0.717, 1.165) is 0 Å². The first-order valence-electron chi connectivity index (χ1n) is 3.78. The molecule has 68 valence electrons. The fraction of sp³-hybridized carbons (Fsp3) is 0.714. The summed E-state index contributed by atoms with van der Waals surface area (Å²) in [4.78, 5) is 21.3. The highest BCUT2D eigenvalue weighted by Gasteiger charge is 2.48. The van der Waals surface area contributed by atoms with Gasteiger partial charge in [0.15, 0.2) is 0 Å². The van der Waals surface area contributed by atoms with Crippen molar-refractivity contribution in [2.24, 2.45) is 11.8 Å². The smallest absolute Gasteiger partial charge is 0.307 e. The zero-order valence-corrected chi connectivity index (χ0v) is 6.49. The number of aliphatic carboxylic acids is 1. The van der Waals surface area contributed by atoms with Crippen LogP contribution in [0.15, 0.2) is 0 Å². The van der Waals surface area contributed by atoms with Gasteiger partial charge in [-0.1, -0.05) is 0 Å². The number of rotatable bonds is 4. The number of carboxylic acid groups (broad SMARTS) is 1. The summed E-state index contributed by atoms with van der Waals surface area (Å²) in [5, 5.41) is 19.3. The lowest BCUT2D eigenvalue weighted by molar-refractivity contribution is -0.140. The summed E-state index contributed by atoms with van der Waals surface area (Å²) in [7, 11) is 0. The van der Waals surface area contributed by atoms with Gasteiger partial charge >= 0.3 is 5.97 Å². The lowest BCUT2D eigenvalue weighted by atomic mass is 10.3. The van der Waals surface area contributed by atoms with Crippen LogP contribution in [0.5, 0.6) is 0 Å². The van der Waals surface area contributed by atoms with Crippen LogP contribution >= 0.6 is 0 Å². The maximum atomic E-state index is 11.0. The number of hydrogen-bond donors (Lipinski definition) is 3. The average Bonchev–Trinajstić information content (AvgIpc) is 2.78. The van der Waals surface area contributed by atoms with Crippen molar-refractivity contribution in [1.29, 1.82) is 0 Å². The number of hydrogen-bond acceptors (Lipinski definition) is 3. The Morgan fingerprint density at radius 1 is 1.42 bits per heavy atom. The summed E-state index contributed by atoms with van der Waals surface area (Å²) in [6.45, 7) is 0.0812. The topological polar surface area (TPSA) is 86.6 Å². The summed E-state index contributed by atoms with van der Waals surface area (Å²) in [6.07, 6.45) is 0.423. The molecule has 2 atom stereocenters. The molecular weight excluding hydrogens is 162 g/mol. The van der Waals surface area contributed by atoms with Crippen molar-refractivity contribution in [2.45, 2.75) is 6.42 Å². The molecule has 2 unspecified atom stereocenters. The highest BCUT2D eigenvalue weighted by atomic mass is 16.4. The molecule has 1 rings (SSSR count). The van der Waals surface area contributed by atoms with Crippen LogP contribution < -0.4 is 5.32 Å². The number of aliphatic hydroxyl groups is 1. The molecule has 1 fully saturated rings. The second kappa shape index (κ2) is 3.53. The fourth-order valence-corrected chi connectivity index (χ4v) is 1.07. The van der Waals surface area contributed by atoms with E-state index in [1.54, 1.807) is 0 Å². The molecule has 0 radical (unpaired) electrons. The average molecular weight is 173 g/mol. The number of carbonyl (C=O) groups excluding carboxylic acids is 1. The summed E-state index contributed by atoms with van der Waals surface area (Å²) in [6, 6.07) is 0. The summed E-state index contributed by atoms with van der Waals surface area (Å²) < 4.78 is 0. The Bertz CT molecular complexity index is 204. The van der Waals surface area contributed by atoms with Crippen LogP contribution in [0.3, 0.4) is 0 Å². The minimum Gasteiger partial charge on any atom is -0.481 e. The molecule has 1 amide bonds. The monoisotopic (exact) mass is 173 g/mol. The Morgan fingerprint density at radius 2 is 2.08 bits per heavy atom. The third-order valence-corrected chi connectivity index (χ3v) is 1.86. The summed E-state index contributed by atoms with van der Waals surface area (Å²) in [5.41, 5.74) is 0. The molecule has 1 aliphatic carbocycles. The van der Waals surface area contributed by atoms with Gasteiger partial charge in [-0.25, -0.2) is 0 Å². The highest BCUT2D eigenvalue weighted by Crippen LogP contribution is 2.38. The zero-order chi connectivity index (χ0) is 9.14. The first-order chi connectivity index (χ1) is 5.66. The predicted octanol–water partition coefficient (Wildman–Crippen LogP) is -1.18. The first kappa shape index (κ1) is 8.99. The van der Waals surface area contributed by atoms with Gasteiger partial charge in [0.2, 0.25) is 5.91 Å². The van der Waals surface area contributed by atoms with Crippen molar-refractivity contribution < 1.29 is 19.8 Å². The second-order valence-corrected chi connectivity index (χ2v) is 2.80. The molecule has 0 heterocycles. The molecule has 0 aromatic rings. The van der Waals surface area contributed by atoms with Crippen LogP contribution in [-0.2, 0) is 9.59 Å². The maximum absolute atomic E-state index is 11.0. The van der Waals surface area contributed by atoms with Gasteiger partial charge in [0, 0.05) is 6.54 Å². The Labute approximate surface area is 69.4 Å². The molecule has 12 heavy (non-hydrogen) atoms. The zero-order valence-electron chi connectivity index (χ0n) is 6.49. The van der Waals surface area contributed by atoms with E-state index in [9.17, 15) is 9.59 Å². The molecule has 5 nitrogen and oxygen atoms in total. The third-order valence-electron chi connectivity index (χ3n) is 1.86. The van der Waals surface area contributed by atoms with Crippen LogP contribution in [0.1, 0.15) is 6.42 Å². The van der Waals surface area contributed by atoms with Crippen molar-refractivity contribution in [3.05, 3.63) is 0 Å². The Morgan fingerprint density at radius 3 is 2.50 bits per heavy atom. The van der Waals surface area contributed by atoms with Gasteiger partial charge in [0.05, 0.1) is 18.4 Å². The molecule has 0 spiro atoms. The van der Waals surface area contributed by atoms with Gasteiger partial charge in [-0.15, -0.1) is 0 Å². The van der Waals surface area contributed by atoms with E-state index in [1.807, 2.05) is 0 Å². The van der Waals surface area contributed by atoms with Crippen LogP contribution in [0.4, 0.5) is 0 Å². The number of aliphatic hydroxyl groups excluding tert-OH is 1. The van der Waals surface area contributed by atoms with Crippen molar-refractivity contribution >= 4 is 11.9 Å². The molecule has 0 aromatic carbocycles. The van der Waals surface area contributed by atoms with Crippen LogP contribution in [0.2, 0.25) is 0 Å². The third kappa shape index (κ3) is 1.94. The van der Waals surface area contributed by atoms with Crippen LogP contribution in [0.25, 0.3) is 0 Å². The maximum Gasteiger partial charge on any atom is 0.307 e. The fourth-order valence-electron chi connectivity index (χ4n) is 1.07. The van der Waals surface area contributed by atoms with E-state index < -0.39 is 11.9 Å². The van der Waals surface area contributed by atoms with E-state index in [2.05, 4.69) is 5.32 Å². The Balaban J connectivity index is 2.24. The SMILES string of the molecule is O=C(O)C1CC1C(=O)NCCO. The molecule has 0 aliphatic heterocycles. The molecule has 3 N–H and O–H groups in total. The molecule has 5 heteroatoms. The van der Waals surface area contributed by atoms with Crippen LogP contribution in [-0.4, -0.2) is 35.2 Å². The van der Waals surface area contributed by atoms with Gasteiger partial charge < -0.3 is 15.5 Å². The first-order valence-corrected chi connectivity index (χ1v) is 3.78. The van der Waals surface area contributed by atoms with Gasteiger partial charge in [0.25, 0.3) is 0 Å². The van der Waals surface area contributed by atoms with Crippen molar-refractivity contribution in [3.63, 3.8) is 0 Å². The van der Waals surface area contributed by atoms with Crippen molar-refractivity contribution in [1.82, 2.24) is 5.32 Å². The van der Waals surface area contributed by atoms with E-state index in [1.165, 1.54) is 0 Å². The normalized spacial score (nSPS) is 26.4. The Hall–Kier alpha value is -1.10. The summed E-state index contributed by atoms with van der Waals surface area (Å²) in [5.74, 6) is -2.08. The quantitative estimate of drug-likeness (QED) is 0.499. The predicted molar refractivity (Wildman–Crippen MR) is 39.3 cm³/mol. The van der Waals surface area contributed by atoms with E-state index >= 15 is 0 Å². The number of amides is 1.